The summed E-state index contributed by atoms with van der Waals surface area (Å²) in [5.41, 5.74) is 0.0712. The van der Waals surface area contributed by atoms with E-state index in [1.54, 1.807) is 12.1 Å². The highest BCUT2D eigenvalue weighted by Gasteiger charge is 2.10. The van der Waals surface area contributed by atoms with Crippen LogP contribution in [-0.4, -0.2) is 47.6 Å². The second kappa shape index (κ2) is 6.61. The highest BCUT2D eigenvalue weighted by atomic mass is 32.2. The number of non-ortho nitro benzene ring substituents is 1. The van der Waals surface area contributed by atoms with Gasteiger partial charge in [0.1, 0.15) is 12.4 Å². The van der Waals surface area contributed by atoms with E-state index in [0.29, 0.717) is 12.4 Å². The standard InChI is InChI=1S/C12H16N2O3S/c15-14(16)11-2-1-3-12(10-11)17-7-4-13-5-8-18-9-6-13/h1-3,10H,4-9H2. The number of hydrogen-bond acceptors (Lipinski definition) is 5. The van der Waals surface area contributed by atoms with E-state index >= 15 is 0 Å². The number of nitro groups is 1. The molecule has 18 heavy (non-hydrogen) atoms. The Morgan fingerprint density at radius 2 is 2.17 bits per heavy atom. The van der Waals surface area contributed by atoms with Crippen molar-refractivity contribution in [1.29, 1.82) is 0 Å². The van der Waals surface area contributed by atoms with E-state index in [-0.39, 0.29) is 5.69 Å². The average molecular weight is 268 g/mol. The van der Waals surface area contributed by atoms with Gasteiger partial charge in [0, 0.05) is 37.2 Å². The molecule has 5 nitrogen and oxygen atoms in total. The van der Waals surface area contributed by atoms with Crippen LogP contribution in [0.25, 0.3) is 0 Å². The predicted octanol–water partition coefficient (Wildman–Crippen LogP) is 2.02. The van der Waals surface area contributed by atoms with E-state index in [4.69, 9.17) is 4.74 Å². The first-order valence-electron chi connectivity index (χ1n) is 5.93. The third-order valence-corrected chi connectivity index (χ3v) is 3.75. The average Bonchev–Trinajstić information content (AvgIpc) is 2.40. The largest absolute Gasteiger partial charge is 0.492 e. The summed E-state index contributed by atoms with van der Waals surface area (Å²) >= 11 is 1.98. The topological polar surface area (TPSA) is 55.6 Å². The minimum atomic E-state index is -0.408. The Labute approximate surface area is 110 Å². The molecule has 2 rings (SSSR count). The molecule has 0 atom stereocenters. The van der Waals surface area contributed by atoms with Crippen molar-refractivity contribution in [2.24, 2.45) is 0 Å². The lowest BCUT2D eigenvalue weighted by atomic mass is 10.3. The third kappa shape index (κ3) is 3.89. The van der Waals surface area contributed by atoms with Gasteiger partial charge in [0.15, 0.2) is 0 Å². The van der Waals surface area contributed by atoms with Crippen LogP contribution in [0.15, 0.2) is 24.3 Å². The minimum absolute atomic E-state index is 0.0712. The number of rotatable bonds is 5. The van der Waals surface area contributed by atoms with Gasteiger partial charge in [0.2, 0.25) is 0 Å². The van der Waals surface area contributed by atoms with Crippen LogP contribution in [0.4, 0.5) is 5.69 Å². The van der Waals surface area contributed by atoms with Crippen molar-refractivity contribution < 1.29 is 9.66 Å². The molecule has 1 aliphatic rings. The van der Waals surface area contributed by atoms with Gasteiger partial charge in [0.05, 0.1) is 11.0 Å². The first-order valence-corrected chi connectivity index (χ1v) is 7.08. The number of nitro benzene ring substituents is 1. The zero-order chi connectivity index (χ0) is 12.8. The van der Waals surface area contributed by atoms with Gasteiger partial charge < -0.3 is 4.74 Å². The van der Waals surface area contributed by atoms with Crippen molar-refractivity contribution in [2.45, 2.75) is 0 Å². The van der Waals surface area contributed by atoms with Crippen LogP contribution < -0.4 is 4.74 Å². The number of thioether (sulfide) groups is 1. The monoisotopic (exact) mass is 268 g/mol. The van der Waals surface area contributed by atoms with Crippen LogP contribution in [0.5, 0.6) is 5.75 Å². The molecular formula is C12H16N2O3S. The van der Waals surface area contributed by atoms with Gasteiger partial charge in [-0.1, -0.05) is 6.07 Å². The molecule has 1 aliphatic heterocycles. The summed E-state index contributed by atoms with van der Waals surface area (Å²) in [6.45, 7) is 3.65. The molecule has 0 unspecified atom stereocenters. The highest BCUT2D eigenvalue weighted by Crippen LogP contribution is 2.19. The summed E-state index contributed by atoms with van der Waals surface area (Å²) in [5, 5.41) is 10.6. The zero-order valence-corrected chi connectivity index (χ0v) is 10.9. The summed E-state index contributed by atoms with van der Waals surface area (Å²) < 4.78 is 5.55. The molecule has 0 radical (unpaired) electrons. The molecule has 1 fully saturated rings. The molecule has 0 spiro atoms. The maximum Gasteiger partial charge on any atom is 0.273 e. The van der Waals surface area contributed by atoms with Crippen LogP contribution in [0.1, 0.15) is 0 Å². The van der Waals surface area contributed by atoms with Crippen molar-refractivity contribution >= 4 is 17.4 Å². The van der Waals surface area contributed by atoms with E-state index in [2.05, 4.69) is 4.90 Å². The Morgan fingerprint density at radius 1 is 1.39 bits per heavy atom. The van der Waals surface area contributed by atoms with Crippen LogP contribution in [0.3, 0.4) is 0 Å². The lowest BCUT2D eigenvalue weighted by Crippen LogP contribution is -2.35. The van der Waals surface area contributed by atoms with Crippen molar-refractivity contribution in [2.75, 3.05) is 37.7 Å². The Balaban J connectivity index is 1.78. The first kappa shape index (κ1) is 13.2. The molecule has 0 amide bonds. The number of benzene rings is 1. The molecule has 1 aromatic rings. The Bertz CT molecular complexity index is 408. The zero-order valence-electron chi connectivity index (χ0n) is 10.1. The quantitative estimate of drug-likeness (QED) is 0.604. The first-order chi connectivity index (χ1) is 8.75. The lowest BCUT2D eigenvalue weighted by Gasteiger charge is -2.25. The fourth-order valence-corrected chi connectivity index (χ4v) is 2.78. The smallest absolute Gasteiger partial charge is 0.273 e. The fraction of sp³-hybridized carbons (Fsp3) is 0.500. The lowest BCUT2D eigenvalue weighted by molar-refractivity contribution is -0.384. The van der Waals surface area contributed by atoms with Gasteiger partial charge in [-0.2, -0.15) is 11.8 Å². The highest BCUT2D eigenvalue weighted by molar-refractivity contribution is 7.99. The van der Waals surface area contributed by atoms with Crippen molar-refractivity contribution in [3.8, 4) is 5.75 Å². The minimum Gasteiger partial charge on any atom is -0.492 e. The van der Waals surface area contributed by atoms with Crippen LogP contribution in [0.2, 0.25) is 0 Å². The van der Waals surface area contributed by atoms with Gasteiger partial charge >= 0.3 is 0 Å². The number of hydrogen-bond donors (Lipinski definition) is 0. The number of ether oxygens (including phenoxy) is 1. The normalized spacial score (nSPS) is 16.4. The summed E-state index contributed by atoms with van der Waals surface area (Å²) in [5.74, 6) is 2.92. The van der Waals surface area contributed by atoms with Gasteiger partial charge in [0.25, 0.3) is 5.69 Å². The molecule has 6 heteroatoms. The summed E-state index contributed by atoms with van der Waals surface area (Å²) in [6.07, 6.45) is 0. The molecule has 0 aliphatic carbocycles. The van der Waals surface area contributed by atoms with E-state index in [1.807, 2.05) is 11.8 Å². The van der Waals surface area contributed by atoms with Gasteiger partial charge in [-0.05, 0) is 6.07 Å². The molecule has 1 heterocycles. The van der Waals surface area contributed by atoms with Crippen LogP contribution >= 0.6 is 11.8 Å². The predicted molar refractivity (Wildman–Crippen MR) is 72.4 cm³/mol. The number of nitrogens with zero attached hydrogens (tertiary/aromatic N) is 2. The third-order valence-electron chi connectivity index (χ3n) is 2.81. The Hall–Kier alpha value is -1.27. The van der Waals surface area contributed by atoms with E-state index in [0.717, 1.165) is 19.6 Å². The Kier molecular flexibility index (Phi) is 4.83. The second-order valence-electron chi connectivity index (χ2n) is 4.06. The molecule has 0 bridgehead atoms. The van der Waals surface area contributed by atoms with Crippen molar-refractivity contribution in [3.63, 3.8) is 0 Å². The maximum absolute atomic E-state index is 10.6. The van der Waals surface area contributed by atoms with E-state index in [9.17, 15) is 10.1 Å². The van der Waals surface area contributed by atoms with Crippen LogP contribution in [-0.2, 0) is 0 Å². The van der Waals surface area contributed by atoms with Crippen LogP contribution in [0, 0.1) is 10.1 Å². The fourth-order valence-electron chi connectivity index (χ4n) is 1.80. The Morgan fingerprint density at radius 3 is 2.89 bits per heavy atom. The summed E-state index contributed by atoms with van der Waals surface area (Å²) in [4.78, 5) is 12.6. The summed E-state index contributed by atoms with van der Waals surface area (Å²) in [7, 11) is 0. The van der Waals surface area contributed by atoms with E-state index < -0.39 is 4.92 Å². The molecule has 98 valence electrons. The molecule has 0 aromatic heterocycles. The molecular weight excluding hydrogens is 252 g/mol. The molecule has 0 saturated carbocycles. The summed E-state index contributed by atoms with van der Waals surface area (Å²) in [6, 6.07) is 6.32. The maximum atomic E-state index is 10.6. The van der Waals surface area contributed by atoms with Gasteiger partial charge in [-0.25, -0.2) is 0 Å². The van der Waals surface area contributed by atoms with Crippen molar-refractivity contribution in [1.82, 2.24) is 4.90 Å². The molecule has 0 N–H and O–H groups in total. The molecule has 1 saturated heterocycles. The SMILES string of the molecule is O=[N+]([O-])c1cccc(OCCN2CCSCC2)c1. The van der Waals surface area contributed by atoms with E-state index in [1.165, 1.54) is 23.6 Å². The van der Waals surface area contributed by atoms with Crippen molar-refractivity contribution in [3.05, 3.63) is 34.4 Å². The van der Waals surface area contributed by atoms with Gasteiger partial charge in [-0.15, -0.1) is 0 Å². The van der Waals surface area contributed by atoms with Gasteiger partial charge in [-0.3, -0.25) is 15.0 Å². The molecule has 1 aromatic carbocycles. The second-order valence-corrected chi connectivity index (χ2v) is 5.28.